The molecular weight excluding hydrogens is 254 g/mol. The minimum absolute atomic E-state index is 0.242. The van der Waals surface area contributed by atoms with Crippen LogP contribution in [0.3, 0.4) is 0 Å². The van der Waals surface area contributed by atoms with Crippen LogP contribution in [-0.4, -0.2) is 20.8 Å². The van der Waals surface area contributed by atoms with Gasteiger partial charge in [-0.05, 0) is 58.4 Å². The van der Waals surface area contributed by atoms with Crippen LogP contribution in [-0.2, 0) is 0 Å². The lowest BCUT2D eigenvalue weighted by atomic mass is 10.0. The van der Waals surface area contributed by atoms with Crippen LogP contribution in [0.5, 0.6) is 5.75 Å². The molecule has 20 heavy (non-hydrogen) atoms. The second-order valence-electron chi connectivity index (χ2n) is 5.77. The highest BCUT2D eigenvalue weighted by Crippen LogP contribution is 2.27. The Morgan fingerprint density at radius 3 is 2.50 bits per heavy atom. The Hall–Kier alpha value is -2.17. The Balaban J connectivity index is 2.44. The van der Waals surface area contributed by atoms with Gasteiger partial charge in [0, 0.05) is 5.56 Å². The molecule has 1 N–H and O–H groups in total. The molecule has 1 aromatic heterocycles. The molecule has 0 unspecified atom stereocenters. The highest BCUT2D eigenvalue weighted by atomic mass is 16.5. The van der Waals surface area contributed by atoms with Gasteiger partial charge in [0.25, 0.3) is 0 Å². The molecule has 0 aliphatic heterocycles. The van der Waals surface area contributed by atoms with E-state index in [9.17, 15) is 4.79 Å². The first kappa shape index (κ1) is 14.2. The number of benzene rings is 1. The van der Waals surface area contributed by atoms with E-state index in [2.05, 4.69) is 15.2 Å². The lowest BCUT2D eigenvalue weighted by Gasteiger charge is -2.22. The van der Waals surface area contributed by atoms with Gasteiger partial charge in [-0.2, -0.15) is 10.1 Å². The van der Waals surface area contributed by atoms with E-state index in [-0.39, 0.29) is 5.60 Å². The number of nitrogens with zero attached hydrogens (tertiary/aromatic N) is 2. The number of rotatable bonds is 2. The highest BCUT2D eigenvalue weighted by molar-refractivity contribution is 5.66. The Morgan fingerprint density at radius 2 is 1.90 bits per heavy atom. The molecule has 0 saturated heterocycles. The molecule has 0 radical (unpaired) electrons. The van der Waals surface area contributed by atoms with E-state index in [1.54, 1.807) is 0 Å². The Bertz CT molecular complexity index is 684. The van der Waals surface area contributed by atoms with Gasteiger partial charge in [-0.25, -0.2) is 9.89 Å². The Labute approximate surface area is 118 Å². The zero-order chi connectivity index (χ0) is 14.9. The summed E-state index contributed by atoms with van der Waals surface area (Å²) < 4.78 is 5.82. The number of hydrogen-bond donors (Lipinski definition) is 1. The van der Waals surface area contributed by atoms with E-state index in [1.807, 2.05) is 52.8 Å². The van der Waals surface area contributed by atoms with Gasteiger partial charge in [0.2, 0.25) is 0 Å². The zero-order valence-electron chi connectivity index (χ0n) is 12.4. The second-order valence-corrected chi connectivity index (χ2v) is 5.77. The van der Waals surface area contributed by atoms with Crippen molar-refractivity contribution in [1.82, 2.24) is 15.2 Å². The molecule has 0 atom stereocenters. The van der Waals surface area contributed by atoms with Gasteiger partial charge >= 0.3 is 5.69 Å². The molecule has 1 heterocycles. The fourth-order valence-electron chi connectivity index (χ4n) is 1.97. The number of aromatic amines is 1. The van der Waals surface area contributed by atoms with Crippen molar-refractivity contribution in [3.8, 4) is 17.0 Å². The molecule has 1 aromatic carbocycles. The van der Waals surface area contributed by atoms with Gasteiger partial charge in [-0.15, -0.1) is 0 Å². The standard InChI is InChI=1S/C15H19N3O2/c1-9-8-11(20-15(3,4)5)6-7-12(9)13-10(2)17-18-14(19)16-13/h6-8H,1-5H3,(H,16,18,19). The lowest BCUT2D eigenvalue weighted by molar-refractivity contribution is 0.131. The van der Waals surface area contributed by atoms with Gasteiger partial charge in [-0.1, -0.05) is 0 Å². The average Bonchev–Trinajstić information content (AvgIpc) is 2.31. The number of ether oxygens (including phenoxy) is 1. The van der Waals surface area contributed by atoms with Crippen LogP contribution < -0.4 is 10.4 Å². The van der Waals surface area contributed by atoms with Crippen molar-refractivity contribution in [1.29, 1.82) is 0 Å². The second kappa shape index (κ2) is 5.07. The van der Waals surface area contributed by atoms with Crippen molar-refractivity contribution in [3.05, 3.63) is 39.9 Å². The van der Waals surface area contributed by atoms with E-state index < -0.39 is 5.69 Å². The molecule has 5 nitrogen and oxygen atoms in total. The van der Waals surface area contributed by atoms with Crippen LogP contribution in [0, 0.1) is 13.8 Å². The maximum atomic E-state index is 11.3. The van der Waals surface area contributed by atoms with Crippen LogP contribution in [0.4, 0.5) is 0 Å². The van der Waals surface area contributed by atoms with Gasteiger partial charge in [-0.3, -0.25) is 0 Å². The van der Waals surface area contributed by atoms with Crippen molar-refractivity contribution in [2.24, 2.45) is 0 Å². The molecule has 0 spiro atoms. The third-order valence-corrected chi connectivity index (χ3v) is 2.75. The maximum Gasteiger partial charge on any atom is 0.361 e. The first-order valence-electron chi connectivity index (χ1n) is 6.49. The van der Waals surface area contributed by atoms with Gasteiger partial charge in [0.1, 0.15) is 11.4 Å². The largest absolute Gasteiger partial charge is 0.488 e. The topological polar surface area (TPSA) is 67.9 Å². The fraction of sp³-hybridized carbons (Fsp3) is 0.400. The van der Waals surface area contributed by atoms with Crippen LogP contribution in [0.25, 0.3) is 11.3 Å². The highest BCUT2D eigenvalue weighted by Gasteiger charge is 2.14. The van der Waals surface area contributed by atoms with Crippen LogP contribution >= 0.6 is 0 Å². The molecule has 0 amide bonds. The summed E-state index contributed by atoms with van der Waals surface area (Å²) in [5, 5.41) is 6.28. The summed E-state index contributed by atoms with van der Waals surface area (Å²) in [5.41, 5.74) is 2.50. The normalized spacial score (nSPS) is 11.4. The zero-order valence-corrected chi connectivity index (χ0v) is 12.4. The quantitative estimate of drug-likeness (QED) is 0.913. The van der Waals surface area contributed by atoms with Crippen molar-refractivity contribution in [2.45, 2.75) is 40.2 Å². The Morgan fingerprint density at radius 1 is 1.20 bits per heavy atom. The van der Waals surface area contributed by atoms with E-state index in [4.69, 9.17) is 4.74 Å². The van der Waals surface area contributed by atoms with Crippen LogP contribution in [0.1, 0.15) is 32.0 Å². The predicted octanol–water partition coefficient (Wildman–Crippen LogP) is 2.63. The first-order chi connectivity index (χ1) is 9.26. The molecular formula is C15H19N3O2. The van der Waals surface area contributed by atoms with Gasteiger partial charge in [0.05, 0.1) is 11.4 Å². The number of aromatic nitrogens is 3. The summed E-state index contributed by atoms with van der Waals surface area (Å²) in [6.07, 6.45) is 0. The van der Waals surface area contributed by atoms with Gasteiger partial charge < -0.3 is 4.74 Å². The van der Waals surface area contributed by atoms with E-state index in [0.29, 0.717) is 11.4 Å². The molecule has 0 aliphatic rings. The maximum absolute atomic E-state index is 11.3. The SMILES string of the molecule is Cc1cc(OC(C)(C)C)ccc1-c1nc(=O)[nH]nc1C. The minimum Gasteiger partial charge on any atom is -0.488 e. The minimum atomic E-state index is -0.444. The molecule has 0 aliphatic carbocycles. The average molecular weight is 273 g/mol. The number of H-pyrrole nitrogens is 1. The van der Waals surface area contributed by atoms with E-state index >= 15 is 0 Å². The summed E-state index contributed by atoms with van der Waals surface area (Å²) in [5.74, 6) is 0.800. The third-order valence-electron chi connectivity index (χ3n) is 2.75. The molecule has 0 fully saturated rings. The van der Waals surface area contributed by atoms with Crippen molar-refractivity contribution < 1.29 is 4.74 Å². The summed E-state index contributed by atoms with van der Waals surface area (Å²) in [4.78, 5) is 15.3. The monoisotopic (exact) mass is 273 g/mol. The first-order valence-corrected chi connectivity index (χ1v) is 6.49. The Kier molecular flexibility index (Phi) is 3.61. The predicted molar refractivity (Wildman–Crippen MR) is 77.9 cm³/mol. The van der Waals surface area contributed by atoms with Crippen LogP contribution in [0.2, 0.25) is 0 Å². The number of hydrogen-bond acceptors (Lipinski definition) is 4. The molecule has 0 saturated carbocycles. The van der Waals surface area contributed by atoms with E-state index in [1.165, 1.54) is 0 Å². The molecule has 0 bridgehead atoms. The smallest absolute Gasteiger partial charge is 0.361 e. The molecule has 5 heteroatoms. The van der Waals surface area contributed by atoms with Crippen molar-refractivity contribution in [3.63, 3.8) is 0 Å². The third kappa shape index (κ3) is 3.23. The number of aryl methyl sites for hydroxylation is 2. The lowest BCUT2D eigenvalue weighted by Crippen LogP contribution is -2.23. The summed E-state index contributed by atoms with van der Waals surface area (Å²) in [6.45, 7) is 9.79. The summed E-state index contributed by atoms with van der Waals surface area (Å²) in [6, 6.07) is 5.74. The molecule has 2 rings (SSSR count). The van der Waals surface area contributed by atoms with Crippen molar-refractivity contribution in [2.75, 3.05) is 0 Å². The van der Waals surface area contributed by atoms with Crippen molar-refractivity contribution >= 4 is 0 Å². The molecule has 106 valence electrons. The summed E-state index contributed by atoms with van der Waals surface area (Å²) >= 11 is 0. The number of nitrogens with one attached hydrogen (secondary N) is 1. The summed E-state index contributed by atoms with van der Waals surface area (Å²) in [7, 11) is 0. The van der Waals surface area contributed by atoms with Crippen LogP contribution in [0.15, 0.2) is 23.0 Å². The van der Waals surface area contributed by atoms with E-state index in [0.717, 1.165) is 16.9 Å². The fourth-order valence-corrected chi connectivity index (χ4v) is 1.97. The van der Waals surface area contributed by atoms with Gasteiger partial charge in [0.15, 0.2) is 0 Å². The molecule has 2 aromatic rings.